The Bertz CT molecular complexity index is 1110. The van der Waals surface area contributed by atoms with Gasteiger partial charge in [-0.15, -0.1) is 0 Å². The molecule has 3 aromatic rings. The topological polar surface area (TPSA) is 85.2 Å². The number of amides is 2. The summed E-state index contributed by atoms with van der Waals surface area (Å²) >= 11 is 0. The lowest BCUT2D eigenvalue weighted by Crippen LogP contribution is -2.24. The van der Waals surface area contributed by atoms with Gasteiger partial charge < -0.3 is 15.4 Å². The number of hydrogen-bond acceptors (Lipinski definition) is 4. The summed E-state index contributed by atoms with van der Waals surface area (Å²) in [5, 5.41) is 10.0. The highest BCUT2D eigenvalue weighted by atomic mass is 19.1. The number of carbonyl (C=O) groups excluding carboxylic acids is 2. The van der Waals surface area contributed by atoms with Gasteiger partial charge in [0.05, 0.1) is 18.7 Å². The largest absolute Gasteiger partial charge is 0.378 e. The summed E-state index contributed by atoms with van der Waals surface area (Å²) in [5.41, 5.74) is 3.80. The van der Waals surface area contributed by atoms with Crippen LogP contribution in [-0.4, -0.2) is 28.7 Å². The molecule has 4 rings (SSSR count). The third-order valence-corrected chi connectivity index (χ3v) is 4.93. The number of fused-ring (bicyclic) bond motifs is 1. The predicted molar refractivity (Wildman–Crippen MR) is 110 cm³/mol. The first-order chi connectivity index (χ1) is 14.5. The Balaban J connectivity index is 1.62. The smallest absolute Gasteiger partial charge is 0.251 e. The molecule has 0 spiro atoms. The van der Waals surface area contributed by atoms with Gasteiger partial charge in [-0.3, -0.25) is 9.59 Å². The number of anilines is 2. The van der Waals surface area contributed by atoms with Gasteiger partial charge in [-0.05, 0) is 30.7 Å². The molecule has 8 heteroatoms. The van der Waals surface area contributed by atoms with Gasteiger partial charge in [-0.2, -0.15) is 5.10 Å². The van der Waals surface area contributed by atoms with Crippen LogP contribution in [0.1, 0.15) is 23.7 Å². The van der Waals surface area contributed by atoms with Crippen molar-refractivity contribution in [2.75, 3.05) is 17.7 Å². The predicted octanol–water partition coefficient (Wildman–Crippen LogP) is 3.67. The van der Waals surface area contributed by atoms with Gasteiger partial charge in [0, 0.05) is 18.4 Å². The van der Waals surface area contributed by atoms with Crippen molar-refractivity contribution >= 4 is 23.3 Å². The van der Waals surface area contributed by atoms with Crippen LogP contribution in [0.5, 0.6) is 0 Å². The Morgan fingerprint density at radius 1 is 1.27 bits per heavy atom. The van der Waals surface area contributed by atoms with E-state index in [1.165, 1.54) is 22.9 Å². The van der Waals surface area contributed by atoms with E-state index in [1.807, 2.05) is 31.2 Å². The van der Waals surface area contributed by atoms with Crippen molar-refractivity contribution < 1.29 is 18.7 Å². The second-order valence-electron chi connectivity index (χ2n) is 7.18. The van der Waals surface area contributed by atoms with Crippen LogP contribution in [0.25, 0.3) is 11.1 Å². The second-order valence-corrected chi connectivity index (χ2v) is 7.18. The van der Waals surface area contributed by atoms with Crippen LogP contribution >= 0.6 is 0 Å². The molecule has 2 aromatic carbocycles. The zero-order chi connectivity index (χ0) is 21.3. The number of ether oxygens (including phenoxy) is 1. The van der Waals surface area contributed by atoms with Crippen LogP contribution in [0.2, 0.25) is 0 Å². The van der Waals surface area contributed by atoms with Crippen LogP contribution in [0, 0.1) is 12.7 Å². The highest BCUT2D eigenvalue weighted by molar-refractivity contribution is 6.04. The molecule has 0 saturated carbocycles. The maximum absolute atomic E-state index is 13.3. The van der Waals surface area contributed by atoms with Gasteiger partial charge in [-0.25, -0.2) is 9.07 Å². The minimum absolute atomic E-state index is 0.128. The van der Waals surface area contributed by atoms with Crippen molar-refractivity contribution in [1.29, 1.82) is 0 Å². The quantitative estimate of drug-likeness (QED) is 0.652. The fourth-order valence-electron chi connectivity index (χ4n) is 3.53. The monoisotopic (exact) mass is 408 g/mol. The van der Waals surface area contributed by atoms with Gasteiger partial charge in [-0.1, -0.05) is 35.9 Å². The maximum atomic E-state index is 13.3. The van der Waals surface area contributed by atoms with Crippen LogP contribution < -0.4 is 10.6 Å². The third kappa shape index (κ3) is 3.81. The van der Waals surface area contributed by atoms with E-state index >= 15 is 0 Å². The lowest BCUT2D eigenvalue weighted by atomic mass is 10.0. The van der Waals surface area contributed by atoms with Crippen molar-refractivity contribution in [2.45, 2.75) is 26.0 Å². The molecule has 0 saturated heterocycles. The normalized spacial score (nSPS) is 15.0. The Hall–Kier alpha value is -3.52. The standard InChI is InChI=1S/C22H21FN4O3/c1-13-6-8-14(9-7-13)20-17(12-30-2)26-27-18(22(29)25-21(20)27)11-19(28)24-16-5-3-4-15(23)10-16/h3-10,18H,11-12H2,1-2H3,(H,24,28)(H,25,29). The molecule has 2 amide bonds. The van der Waals surface area contributed by atoms with Crippen LogP contribution in [-0.2, 0) is 20.9 Å². The fraction of sp³-hybridized carbons (Fsp3) is 0.227. The first-order valence-electron chi connectivity index (χ1n) is 9.50. The Labute approximate surface area is 172 Å². The number of nitrogens with one attached hydrogen (secondary N) is 2. The zero-order valence-corrected chi connectivity index (χ0v) is 16.6. The SMILES string of the molecule is COCc1nn2c(c1-c1ccc(C)cc1)NC(=O)C2CC(=O)Nc1cccc(F)c1. The first kappa shape index (κ1) is 19.8. The lowest BCUT2D eigenvalue weighted by molar-refractivity contribution is -0.123. The molecule has 30 heavy (non-hydrogen) atoms. The summed E-state index contributed by atoms with van der Waals surface area (Å²) in [7, 11) is 1.58. The van der Waals surface area contributed by atoms with Crippen molar-refractivity contribution in [3.63, 3.8) is 0 Å². The highest BCUT2D eigenvalue weighted by Gasteiger charge is 2.37. The summed E-state index contributed by atoms with van der Waals surface area (Å²) in [6.07, 6.45) is -0.128. The van der Waals surface area contributed by atoms with E-state index in [1.54, 1.807) is 13.2 Å². The minimum atomic E-state index is -0.802. The molecule has 0 fully saturated rings. The molecule has 1 unspecified atom stereocenters. The highest BCUT2D eigenvalue weighted by Crippen LogP contribution is 2.39. The van der Waals surface area contributed by atoms with Crippen molar-refractivity contribution in [3.8, 4) is 11.1 Å². The zero-order valence-electron chi connectivity index (χ0n) is 16.6. The Morgan fingerprint density at radius 3 is 2.73 bits per heavy atom. The van der Waals surface area contributed by atoms with Crippen LogP contribution in [0.4, 0.5) is 15.9 Å². The number of hydrogen-bond donors (Lipinski definition) is 2. The van der Waals surface area contributed by atoms with E-state index in [9.17, 15) is 14.0 Å². The van der Waals surface area contributed by atoms with E-state index in [2.05, 4.69) is 15.7 Å². The van der Waals surface area contributed by atoms with E-state index in [0.29, 0.717) is 17.2 Å². The number of benzene rings is 2. The van der Waals surface area contributed by atoms with Crippen molar-refractivity contribution in [3.05, 3.63) is 65.6 Å². The number of aryl methyl sites for hydroxylation is 1. The molecule has 154 valence electrons. The first-order valence-corrected chi connectivity index (χ1v) is 9.50. The molecule has 0 radical (unpaired) electrons. The Kier molecular flexibility index (Phi) is 5.33. The van der Waals surface area contributed by atoms with E-state index in [-0.39, 0.29) is 18.9 Å². The Morgan fingerprint density at radius 2 is 2.03 bits per heavy atom. The second kappa shape index (κ2) is 8.08. The van der Waals surface area contributed by atoms with Crippen molar-refractivity contribution in [1.82, 2.24) is 9.78 Å². The number of nitrogens with zero attached hydrogens (tertiary/aromatic N) is 2. The summed E-state index contributed by atoms with van der Waals surface area (Å²) in [6, 6.07) is 12.7. The molecule has 0 bridgehead atoms. The molecule has 1 aliphatic rings. The summed E-state index contributed by atoms with van der Waals surface area (Å²) in [5.74, 6) is -0.634. The summed E-state index contributed by atoms with van der Waals surface area (Å²) in [6.45, 7) is 2.26. The molecule has 2 N–H and O–H groups in total. The van der Waals surface area contributed by atoms with E-state index in [0.717, 1.165) is 16.7 Å². The summed E-state index contributed by atoms with van der Waals surface area (Å²) < 4.78 is 20.2. The number of rotatable bonds is 6. The van der Waals surface area contributed by atoms with Gasteiger partial charge in [0.25, 0.3) is 5.91 Å². The van der Waals surface area contributed by atoms with Crippen LogP contribution in [0.15, 0.2) is 48.5 Å². The molecule has 0 aliphatic carbocycles. The minimum Gasteiger partial charge on any atom is -0.378 e. The molecular weight excluding hydrogens is 387 g/mol. The number of aromatic nitrogens is 2. The van der Waals surface area contributed by atoms with Gasteiger partial charge >= 0.3 is 0 Å². The van der Waals surface area contributed by atoms with Gasteiger partial charge in [0.15, 0.2) is 0 Å². The average molecular weight is 408 g/mol. The average Bonchev–Trinajstić information content (AvgIpc) is 3.18. The molecular formula is C22H21FN4O3. The summed E-state index contributed by atoms with van der Waals surface area (Å²) in [4.78, 5) is 25.1. The third-order valence-electron chi connectivity index (χ3n) is 4.93. The number of methoxy groups -OCH3 is 1. The molecule has 1 aromatic heterocycles. The van der Waals surface area contributed by atoms with E-state index < -0.39 is 17.8 Å². The van der Waals surface area contributed by atoms with E-state index in [4.69, 9.17) is 4.74 Å². The lowest BCUT2D eigenvalue weighted by Gasteiger charge is -2.10. The van der Waals surface area contributed by atoms with Gasteiger partial charge in [0.2, 0.25) is 5.91 Å². The number of halogens is 1. The maximum Gasteiger partial charge on any atom is 0.251 e. The van der Waals surface area contributed by atoms with Crippen LogP contribution in [0.3, 0.4) is 0 Å². The number of carbonyl (C=O) groups is 2. The molecule has 7 nitrogen and oxygen atoms in total. The molecule has 1 aliphatic heterocycles. The fourth-order valence-corrected chi connectivity index (χ4v) is 3.53. The molecule has 1 atom stereocenters. The van der Waals surface area contributed by atoms with Crippen molar-refractivity contribution in [2.24, 2.45) is 0 Å². The molecule has 2 heterocycles. The van der Waals surface area contributed by atoms with Gasteiger partial charge in [0.1, 0.15) is 17.7 Å².